The SMILES string of the molecule is Nc1ccc(COCC(=O)Nc2ccccc2Br)cc1. The summed E-state index contributed by atoms with van der Waals surface area (Å²) in [6, 6.07) is 14.8. The molecule has 3 N–H and O–H groups in total. The summed E-state index contributed by atoms with van der Waals surface area (Å²) in [5, 5.41) is 2.77. The Morgan fingerprint density at radius 2 is 1.85 bits per heavy atom. The highest BCUT2D eigenvalue weighted by molar-refractivity contribution is 9.10. The fraction of sp³-hybridized carbons (Fsp3) is 0.133. The number of hydrogen-bond acceptors (Lipinski definition) is 3. The van der Waals surface area contributed by atoms with E-state index in [1.807, 2.05) is 36.4 Å². The molecule has 2 aromatic carbocycles. The zero-order valence-electron chi connectivity index (χ0n) is 10.8. The van der Waals surface area contributed by atoms with Gasteiger partial charge < -0.3 is 15.8 Å². The van der Waals surface area contributed by atoms with Crippen molar-refractivity contribution in [1.29, 1.82) is 0 Å². The summed E-state index contributed by atoms with van der Waals surface area (Å²) in [6.07, 6.45) is 0. The predicted octanol–water partition coefficient (Wildman–Crippen LogP) is 3.19. The molecule has 0 aliphatic rings. The number of ether oxygens (including phenoxy) is 1. The number of nitrogens with one attached hydrogen (secondary N) is 1. The summed E-state index contributed by atoms with van der Waals surface area (Å²) >= 11 is 3.37. The van der Waals surface area contributed by atoms with Gasteiger partial charge >= 0.3 is 0 Å². The van der Waals surface area contributed by atoms with Gasteiger partial charge in [0.25, 0.3) is 0 Å². The molecule has 20 heavy (non-hydrogen) atoms. The van der Waals surface area contributed by atoms with Crippen LogP contribution in [-0.2, 0) is 16.1 Å². The number of anilines is 2. The molecule has 0 atom stereocenters. The van der Waals surface area contributed by atoms with E-state index < -0.39 is 0 Å². The molecule has 0 unspecified atom stereocenters. The van der Waals surface area contributed by atoms with Crippen LogP contribution in [0, 0.1) is 0 Å². The smallest absolute Gasteiger partial charge is 0.250 e. The predicted molar refractivity (Wildman–Crippen MR) is 83.3 cm³/mol. The minimum absolute atomic E-state index is 0.00567. The van der Waals surface area contributed by atoms with Crippen molar-refractivity contribution in [2.24, 2.45) is 0 Å². The summed E-state index contributed by atoms with van der Waals surface area (Å²) in [6.45, 7) is 0.384. The second-order valence-corrected chi connectivity index (χ2v) is 5.12. The number of nitrogens with two attached hydrogens (primary N) is 1. The monoisotopic (exact) mass is 334 g/mol. The lowest BCUT2D eigenvalue weighted by Gasteiger charge is -2.08. The minimum atomic E-state index is -0.188. The van der Waals surface area contributed by atoms with E-state index in [1.54, 1.807) is 12.1 Å². The quantitative estimate of drug-likeness (QED) is 0.825. The molecule has 0 spiro atoms. The van der Waals surface area contributed by atoms with Crippen LogP contribution < -0.4 is 11.1 Å². The van der Waals surface area contributed by atoms with Crippen LogP contribution in [0.3, 0.4) is 0 Å². The molecule has 5 heteroatoms. The highest BCUT2D eigenvalue weighted by Crippen LogP contribution is 2.20. The molecule has 104 valence electrons. The first-order valence-electron chi connectivity index (χ1n) is 6.11. The third-order valence-electron chi connectivity index (χ3n) is 2.63. The van der Waals surface area contributed by atoms with Crippen LogP contribution in [0.15, 0.2) is 53.0 Å². The molecule has 2 aromatic rings. The van der Waals surface area contributed by atoms with E-state index in [9.17, 15) is 4.79 Å². The lowest BCUT2D eigenvalue weighted by Crippen LogP contribution is -2.18. The lowest BCUT2D eigenvalue weighted by atomic mass is 10.2. The third-order valence-corrected chi connectivity index (χ3v) is 3.32. The molecule has 0 bridgehead atoms. The van der Waals surface area contributed by atoms with Gasteiger partial charge in [-0.1, -0.05) is 24.3 Å². The topological polar surface area (TPSA) is 64.3 Å². The third kappa shape index (κ3) is 4.36. The normalized spacial score (nSPS) is 10.2. The molecular formula is C15H15BrN2O2. The van der Waals surface area contributed by atoms with Crippen molar-refractivity contribution in [2.45, 2.75) is 6.61 Å². The molecule has 0 aliphatic carbocycles. The second kappa shape index (κ2) is 7.07. The molecule has 4 nitrogen and oxygen atoms in total. The van der Waals surface area contributed by atoms with Gasteiger partial charge in [0.1, 0.15) is 6.61 Å². The largest absolute Gasteiger partial charge is 0.399 e. The fourth-order valence-electron chi connectivity index (χ4n) is 1.62. The standard InChI is InChI=1S/C15H15BrN2O2/c16-13-3-1-2-4-14(13)18-15(19)10-20-9-11-5-7-12(17)8-6-11/h1-8H,9-10,17H2,(H,18,19). The Morgan fingerprint density at radius 3 is 2.55 bits per heavy atom. The molecule has 0 saturated carbocycles. The van der Waals surface area contributed by atoms with Crippen LogP contribution in [0.25, 0.3) is 0 Å². The molecule has 0 radical (unpaired) electrons. The lowest BCUT2D eigenvalue weighted by molar-refractivity contribution is -0.121. The maximum absolute atomic E-state index is 11.7. The van der Waals surface area contributed by atoms with Gasteiger partial charge in [-0.2, -0.15) is 0 Å². The summed E-state index contributed by atoms with van der Waals surface area (Å²) < 4.78 is 6.20. The van der Waals surface area contributed by atoms with Crippen LogP contribution in [-0.4, -0.2) is 12.5 Å². The van der Waals surface area contributed by atoms with E-state index in [-0.39, 0.29) is 12.5 Å². The first kappa shape index (κ1) is 14.6. The highest BCUT2D eigenvalue weighted by Gasteiger charge is 2.05. The molecule has 0 aromatic heterocycles. The summed E-state index contributed by atoms with van der Waals surface area (Å²) in [5.41, 5.74) is 8.01. The molecule has 2 rings (SSSR count). The van der Waals surface area contributed by atoms with Gasteiger partial charge in [0.05, 0.1) is 12.3 Å². The number of halogens is 1. The van der Waals surface area contributed by atoms with Gasteiger partial charge in [-0.15, -0.1) is 0 Å². The van der Waals surface area contributed by atoms with Gasteiger partial charge in [-0.3, -0.25) is 4.79 Å². The van der Waals surface area contributed by atoms with E-state index in [0.29, 0.717) is 12.3 Å². The van der Waals surface area contributed by atoms with Crippen molar-refractivity contribution in [2.75, 3.05) is 17.7 Å². The molecule has 1 amide bonds. The first-order chi connectivity index (χ1) is 9.65. The fourth-order valence-corrected chi connectivity index (χ4v) is 2.01. The van der Waals surface area contributed by atoms with Gasteiger partial charge in [0.2, 0.25) is 5.91 Å². The van der Waals surface area contributed by atoms with E-state index in [2.05, 4.69) is 21.2 Å². The Morgan fingerprint density at radius 1 is 1.15 bits per heavy atom. The number of para-hydroxylation sites is 1. The Bertz CT molecular complexity index is 585. The Labute approximate surface area is 126 Å². The number of benzene rings is 2. The van der Waals surface area contributed by atoms with Gasteiger partial charge in [0.15, 0.2) is 0 Å². The molecule has 0 saturated heterocycles. The molecule has 0 heterocycles. The summed E-state index contributed by atoms with van der Waals surface area (Å²) in [4.78, 5) is 11.7. The zero-order valence-corrected chi connectivity index (χ0v) is 12.4. The van der Waals surface area contributed by atoms with Crippen molar-refractivity contribution in [3.05, 3.63) is 58.6 Å². The van der Waals surface area contributed by atoms with Crippen molar-refractivity contribution in [3.63, 3.8) is 0 Å². The minimum Gasteiger partial charge on any atom is -0.399 e. The Kier molecular flexibility index (Phi) is 5.15. The van der Waals surface area contributed by atoms with Crippen LogP contribution in [0.4, 0.5) is 11.4 Å². The van der Waals surface area contributed by atoms with Gasteiger partial charge in [0, 0.05) is 10.2 Å². The van der Waals surface area contributed by atoms with Crippen molar-refractivity contribution >= 4 is 33.2 Å². The van der Waals surface area contributed by atoms with Crippen LogP contribution in [0.1, 0.15) is 5.56 Å². The number of carbonyl (C=O) groups is 1. The Balaban J connectivity index is 1.78. The van der Waals surface area contributed by atoms with Crippen LogP contribution >= 0.6 is 15.9 Å². The number of amides is 1. The number of hydrogen-bond donors (Lipinski definition) is 2. The van der Waals surface area contributed by atoms with Crippen LogP contribution in [0.2, 0.25) is 0 Å². The number of rotatable bonds is 5. The zero-order chi connectivity index (χ0) is 14.4. The van der Waals surface area contributed by atoms with E-state index in [4.69, 9.17) is 10.5 Å². The molecule has 0 fully saturated rings. The number of carbonyl (C=O) groups excluding carboxylic acids is 1. The maximum Gasteiger partial charge on any atom is 0.250 e. The average Bonchev–Trinajstić information content (AvgIpc) is 2.44. The van der Waals surface area contributed by atoms with Gasteiger partial charge in [-0.05, 0) is 45.8 Å². The first-order valence-corrected chi connectivity index (χ1v) is 6.91. The Hall–Kier alpha value is -1.85. The average molecular weight is 335 g/mol. The van der Waals surface area contributed by atoms with Crippen LogP contribution in [0.5, 0.6) is 0 Å². The van der Waals surface area contributed by atoms with Gasteiger partial charge in [-0.25, -0.2) is 0 Å². The van der Waals surface area contributed by atoms with Crippen molar-refractivity contribution < 1.29 is 9.53 Å². The van der Waals surface area contributed by atoms with Crippen molar-refractivity contribution in [3.8, 4) is 0 Å². The summed E-state index contributed by atoms with van der Waals surface area (Å²) in [5.74, 6) is -0.188. The van der Waals surface area contributed by atoms with E-state index in [0.717, 1.165) is 15.7 Å². The van der Waals surface area contributed by atoms with E-state index >= 15 is 0 Å². The molecule has 0 aliphatic heterocycles. The second-order valence-electron chi connectivity index (χ2n) is 4.26. The molecular weight excluding hydrogens is 320 g/mol. The summed E-state index contributed by atoms with van der Waals surface area (Å²) in [7, 11) is 0. The maximum atomic E-state index is 11.7. The highest BCUT2D eigenvalue weighted by atomic mass is 79.9. The number of nitrogen functional groups attached to an aromatic ring is 1. The van der Waals surface area contributed by atoms with E-state index in [1.165, 1.54) is 0 Å². The van der Waals surface area contributed by atoms with Crippen molar-refractivity contribution in [1.82, 2.24) is 0 Å².